The van der Waals surface area contributed by atoms with Gasteiger partial charge in [0.15, 0.2) is 0 Å². The average Bonchev–Trinajstić information content (AvgIpc) is 4.09. The molecular formula is C69H43NS. The molecule has 0 unspecified atom stereocenters. The lowest BCUT2D eigenvalue weighted by molar-refractivity contribution is 0.794. The van der Waals surface area contributed by atoms with Gasteiger partial charge in [0.25, 0.3) is 0 Å². The van der Waals surface area contributed by atoms with Gasteiger partial charge < -0.3 is 4.90 Å². The highest BCUT2D eigenvalue weighted by Gasteiger charge is 2.51. The van der Waals surface area contributed by atoms with Crippen LogP contribution in [0.1, 0.15) is 22.3 Å². The van der Waals surface area contributed by atoms with Gasteiger partial charge in [-0.05, 0) is 136 Å². The Hall–Kier alpha value is -8.82. The monoisotopic (exact) mass is 917 g/mol. The Morgan fingerprint density at radius 3 is 1.48 bits per heavy atom. The van der Waals surface area contributed by atoms with E-state index in [0.29, 0.717) is 0 Å². The summed E-state index contributed by atoms with van der Waals surface area (Å²) in [6, 6.07) is 97.4. The zero-order valence-corrected chi connectivity index (χ0v) is 39.5. The molecule has 1 nitrogen and oxygen atoms in total. The minimum atomic E-state index is -0.415. The van der Waals surface area contributed by atoms with Gasteiger partial charge in [-0.25, -0.2) is 0 Å². The Morgan fingerprint density at radius 1 is 0.296 bits per heavy atom. The first kappa shape index (κ1) is 40.1. The predicted octanol–water partition coefficient (Wildman–Crippen LogP) is 19.2. The standard InChI is InChI=1S/C69H43NS/c1-3-22-51-44(16-1)18-14-28-52(51)46-34-37-49(38-35-46)70(65-41-40-59(54-29-15-19-45-17-2-4-23-53(45)54)68-67(65)60-27-8-12-33-66(60)71-68)50-21-13-20-47(42-50)48-36-39-58-57-26-7-11-32-63(57)69(64(58)43-48)61-30-9-5-24-55(61)56-25-6-10-31-62(56)69/h1-43H. The van der Waals surface area contributed by atoms with Crippen LogP contribution in [0.15, 0.2) is 261 Å². The van der Waals surface area contributed by atoms with Crippen LogP contribution in [0.3, 0.4) is 0 Å². The molecular weight excluding hydrogens is 875 g/mol. The Labute approximate surface area is 416 Å². The van der Waals surface area contributed by atoms with E-state index >= 15 is 0 Å². The van der Waals surface area contributed by atoms with Crippen LogP contribution < -0.4 is 4.90 Å². The number of fused-ring (bicyclic) bond motifs is 15. The molecule has 0 atom stereocenters. The first-order chi connectivity index (χ1) is 35.2. The topological polar surface area (TPSA) is 3.24 Å². The lowest BCUT2D eigenvalue weighted by Gasteiger charge is -2.31. The third kappa shape index (κ3) is 5.86. The molecule has 2 heteroatoms. The summed E-state index contributed by atoms with van der Waals surface area (Å²) in [5.41, 5.74) is 20.9. The van der Waals surface area contributed by atoms with E-state index in [0.717, 1.165) is 17.1 Å². The first-order valence-corrected chi connectivity index (χ1v) is 25.4. The Balaban J connectivity index is 0.943. The normalized spacial score (nSPS) is 12.9. The van der Waals surface area contributed by atoms with Crippen molar-refractivity contribution >= 4 is 70.1 Å². The predicted molar refractivity (Wildman–Crippen MR) is 302 cm³/mol. The molecule has 71 heavy (non-hydrogen) atoms. The molecule has 330 valence electrons. The van der Waals surface area contributed by atoms with Crippen LogP contribution in [0.2, 0.25) is 0 Å². The van der Waals surface area contributed by atoms with E-state index in [1.807, 2.05) is 11.3 Å². The Kier molecular flexibility index (Phi) is 8.81. The van der Waals surface area contributed by atoms with Gasteiger partial charge in [-0.1, -0.05) is 218 Å². The van der Waals surface area contributed by atoms with Crippen molar-refractivity contribution in [3.05, 3.63) is 283 Å². The minimum absolute atomic E-state index is 0.415. The molecule has 13 aromatic rings. The van der Waals surface area contributed by atoms with Gasteiger partial charge in [-0.15, -0.1) is 11.3 Å². The van der Waals surface area contributed by atoms with E-state index in [2.05, 4.69) is 266 Å². The van der Waals surface area contributed by atoms with Crippen LogP contribution in [0.25, 0.3) is 97.4 Å². The molecule has 1 aromatic heterocycles. The lowest BCUT2D eigenvalue weighted by Crippen LogP contribution is -2.25. The summed E-state index contributed by atoms with van der Waals surface area (Å²) in [5.74, 6) is 0. The van der Waals surface area contributed by atoms with Crippen LogP contribution >= 0.6 is 11.3 Å². The van der Waals surface area contributed by atoms with Gasteiger partial charge in [0, 0.05) is 37.1 Å². The maximum atomic E-state index is 2.50. The molecule has 0 radical (unpaired) electrons. The van der Waals surface area contributed by atoms with Gasteiger partial charge in [0.1, 0.15) is 0 Å². The number of benzene rings is 12. The van der Waals surface area contributed by atoms with Crippen molar-refractivity contribution in [2.24, 2.45) is 0 Å². The zero-order chi connectivity index (χ0) is 46.6. The second kappa shape index (κ2) is 15.6. The third-order valence-electron chi connectivity index (χ3n) is 15.5. The molecule has 12 aromatic carbocycles. The van der Waals surface area contributed by atoms with Crippen LogP contribution in [-0.2, 0) is 5.41 Å². The quantitative estimate of drug-likeness (QED) is 0.161. The summed E-state index contributed by atoms with van der Waals surface area (Å²) in [6.07, 6.45) is 0. The number of hydrogen-bond acceptors (Lipinski definition) is 2. The van der Waals surface area contributed by atoms with Crippen molar-refractivity contribution in [3.8, 4) is 55.6 Å². The van der Waals surface area contributed by atoms with Crippen molar-refractivity contribution in [3.63, 3.8) is 0 Å². The number of rotatable bonds is 6. The minimum Gasteiger partial charge on any atom is -0.310 e. The fraction of sp³-hybridized carbons (Fsp3) is 0.0145. The maximum Gasteiger partial charge on any atom is 0.0725 e. The van der Waals surface area contributed by atoms with Gasteiger partial charge in [0.2, 0.25) is 0 Å². The molecule has 0 saturated heterocycles. The van der Waals surface area contributed by atoms with Gasteiger partial charge in [-0.3, -0.25) is 0 Å². The van der Waals surface area contributed by atoms with E-state index < -0.39 is 5.41 Å². The van der Waals surface area contributed by atoms with Gasteiger partial charge in [-0.2, -0.15) is 0 Å². The van der Waals surface area contributed by atoms with Gasteiger partial charge >= 0.3 is 0 Å². The molecule has 0 bridgehead atoms. The second-order valence-corrected chi connectivity index (χ2v) is 20.1. The molecule has 1 heterocycles. The summed E-state index contributed by atoms with van der Waals surface area (Å²) in [7, 11) is 0. The van der Waals surface area contributed by atoms with Crippen LogP contribution in [-0.4, -0.2) is 0 Å². The third-order valence-corrected chi connectivity index (χ3v) is 16.7. The smallest absolute Gasteiger partial charge is 0.0725 e. The van der Waals surface area contributed by atoms with Crippen molar-refractivity contribution in [2.75, 3.05) is 4.90 Å². The van der Waals surface area contributed by atoms with E-state index in [4.69, 9.17) is 0 Å². The summed E-state index contributed by atoms with van der Waals surface area (Å²) in [5, 5.41) is 7.53. The Morgan fingerprint density at radius 2 is 0.789 bits per heavy atom. The van der Waals surface area contributed by atoms with Crippen molar-refractivity contribution in [1.82, 2.24) is 0 Å². The number of anilines is 3. The summed E-state index contributed by atoms with van der Waals surface area (Å²) < 4.78 is 2.56. The fourth-order valence-corrected chi connectivity index (χ4v) is 13.7. The highest BCUT2D eigenvalue weighted by atomic mass is 32.1. The molecule has 0 aliphatic heterocycles. The number of hydrogen-bond donors (Lipinski definition) is 0. The van der Waals surface area contributed by atoms with Crippen LogP contribution in [0.4, 0.5) is 17.1 Å². The van der Waals surface area contributed by atoms with E-state index in [1.54, 1.807) is 0 Å². The largest absolute Gasteiger partial charge is 0.310 e. The highest BCUT2D eigenvalue weighted by Crippen LogP contribution is 2.63. The van der Waals surface area contributed by atoms with E-state index in [9.17, 15) is 0 Å². The van der Waals surface area contributed by atoms with Crippen molar-refractivity contribution in [1.29, 1.82) is 0 Å². The first-order valence-electron chi connectivity index (χ1n) is 24.6. The maximum absolute atomic E-state index is 2.50. The molecule has 0 amide bonds. The summed E-state index contributed by atoms with van der Waals surface area (Å²) >= 11 is 1.89. The second-order valence-electron chi connectivity index (χ2n) is 19.1. The van der Waals surface area contributed by atoms with Crippen molar-refractivity contribution < 1.29 is 0 Å². The Bertz CT molecular complexity index is 4230. The molecule has 0 N–H and O–H groups in total. The summed E-state index contributed by atoms with van der Waals surface area (Å²) in [4.78, 5) is 2.50. The molecule has 2 aliphatic carbocycles. The number of thiophene rings is 1. The molecule has 0 fully saturated rings. The zero-order valence-electron chi connectivity index (χ0n) is 38.7. The SMILES string of the molecule is c1cc(-c2ccc3c(c2)C2(c4ccccc4-c4ccccc42)c2ccccc2-3)cc(N(c2ccc(-c3cccc4ccccc34)cc2)c2ccc(-c3cccc4ccccc34)c3sc4ccccc4c23)c1. The lowest BCUT2D eigenvalue weighted by atomic mass is 9.70. The van der Waals surface area contributed by atoms with E-state index in [-0.39, 0.29) is 0 Å². The van der Waals surface area contributed by atoms with Crippen LogP contribution in [0, 0.1) is 0 Å². The van der Waals surface area contributed by atoms with E-state index in [1.165, 1.54) is 120 Å². The highest BCUT2D eigenvalue weighted by molar-refractivity contribution is 7.26. The molecule has 2 aliphatic rings. The van der Waals surface area contributed by atoms with Crippen molar-refractivity contribution in [2.45, 2.75) is 5.41 Å². The molecule has 15 rings (SSSR count). The molecule has 0 saturated carbocycles. The molecule has 1 spiro atoms. The average molecular weight is 918 g/mol. The van der Waals surface area contributed by atoms with Gasteiger partial charge in [0.05, 0.1) is 11.1 Å². The fourth-order valence-electron chi connectivity index (χ4n) is 12.5. The van der Waals surface area contributed by atoms with Crippen LogP contribution in [0.5, 0.6) is 0 Å². The number of nitrogens with zero attached hydrogens (tertiary/aromatic N) is 1. The summed E-state index contributed by atoms with van der Waals surface area (Å²) in [6.45, 7) is 0.